The molecule has 8 heteroatoms. The van der Waals surface area contributed by atoms with Gasteiger partial charge in [0.15, 0.2) is 0 Å². The number of carbonyl (C=O) groups is 3. The van der Waals surface area contributed by atoms with E-state index in [-0.39, 0.29) is 36.9 Å². The third-order valence-electron chi connectivity index (χ3n) is 9.83. The lowest BCUT2D eigenvalue weighted by Gasteiger charge is -2.41. The van der Waals surface area contributed by atoms with Gasteiger partial charge in [0, 0.05) is 17.0 Å². The molecule has 7 nitrogen and oxygen atoms in total. The summed E-state index contributed by atoms with van der Waals surface area (Å²) in [4.78, 5) is 46.7. The zero-order valence-corrected chi connectivity index (χ0v) is 26.8. The van der Waals surface area contributed by atoms with E-state index in [1.807, 2.05) is 52.0 Å². The van der Waals surface area contributed by atoms with Gasteiger partial charge in [0.25, 0.3) is 5.91 Å². The summed E-state index contributed by atoms with van der Waals surface area (Å²) >= 11 is 1.63. The van der Waals surface area contributed by atoms with E-state index >= 15 is 0 Å². The van der Waals surface area contributed by atoms with Gasteiger partial charge in [0.2, 0.25) is 5.91 Å². The molecule has 230 valence electrons. The van der Waals surface area contributed by atoms with Crippen molar-refractivity contribution in [3.63, 3.8) is 0 Å². The molecule has 1 spiro atoms. The van der Waals surface area contributed by atoms with Crippen molar-refractivity contribution in [2.45, 2.75) is 94.7 Å². The van der Waals surface area contributed by atoms with E-state index in [0.29, 0.717) is 19.4 Å². The first-order valence-electron chi connectivity index (χ1n) is 15.4. The first kappa shape index (κ1) is 32.3. The van der Waals surface area contributed by atoms with Crippen molar-refractivity contribution in [1.82, 2.24) is 4.90 Å². The van der Waals surface area contributed by atoms with E-state index in [2.05, 4.69) is 20.1 Å². The van der Waals surface area contributed by atoms with Gasteiger partial charge >= 0.3 is 5.97 Å². The molecule has 1 aromatic carbocycles. The molecular formula is C34H48N2O5S. The Morgan fingerprint density at radius 1 is 1.24 bits per heavy atom. The topological polar surface area (TPSA) is 87.1 Å². The van der Waals surface area contributed by atoms with Crippen LogP contribution >= 0.6 is 11.8 Å². The second-order valence-electron chi connectivity index (χ2n) is 12.6. The summed E-state index contributed by atoms with van der Waals surface area (Å²) in [7, 11) is 0. The molecule has 7 atom stereocenters. The zero-order valence-electron chi connectivity index (χ0n) is 25.9. The number of likely N-dealkylation sites (tertiary alicyclic amines) is 1. The zero-order chi connectivity index (χ0) is 30.8. The lowest BCUT2D eigenvalue weighted by molar-refractivity contribution is -0.156. The molecule has 3 fully saturated rings. The number of fused-ring (bicyclic) bond motifs is 1. The molecule has 3 aliphatic heterocycles. The van der Waals surface area contributed by atoms with Crippen molar-refractivity contribution in [1.29, 1.82) is 0 Å². The van der Waals surface area contributed by atoms with Crippen LogP contribution in [0.4, 0.5) is 5.69 Å². The average Bonchev–Trinajstić information content (AvgIpc) is 3.53. The number of benzene rings is 1. The molecule has 2 amide bonds. The maximum atomic E-state index is 14.9. The molecule has 3 saturated heterocycles. The lowest BCUT2D eigenvalue weighted by Crippen LogP contribution is -2.58. The van der Waals surface area contributed by atoms with Gasteiger partial charge in [-0.15, -0.1) is 24.9 Å². The van der Waals surface area contributed by atoms with Gasteiger partial charge in [0.05, 0.1) is 35.8 Å². The predicted molar refractivity (Wildman–Crippen MR) is 169 cm³/mol. The standard InChI is InChI=1S/C34H48N2O5S/c1-8-11-12-13-19-41-32(40)28-27-30(38)36(26(21-37)23(5)10-3)29(34(27)17-16-33(28,7)42-34)31(39)35(18-9-2)25-20-22(4)14-15-24(25)6/h8-9,14-15,20,23,26-29,37H,1-2,10-13,16-19,21H2,3-7H3/t23-,26-,27-,28+,29?,33-,34?/m0/s1. The average molecular weight is 597 g/mol. The van der Waals surface area contributed by atoms with Crippen molar-refractivity contribution in [3.8, 4) is 0 Å². The highest BCUT2D eigenvalue weighted by Gasteiger charge is 2.78. The first-order valence-corrected chi connectivity index (χ1v) is 16.2. The van der Waals surface area contributed by atoms with Crippen molar-refractivity contribution >= 4 is 35.2 Å². The Bertz CT molecular complexity index is 1220. The van der Waals surface area contributed by atoms with E-state index in [1.165, 1.54) is 0 Å². The predicted octanol–water partition coefficient (Wildman–Crippen LogP) is 5.61. The number of ether oxygens (including phenoxy) is 1. The van der Waals surface area contributed by atoms with Crippen LogP contribution in [0.25, 0.3) is 0 Å². The van der Waals surface area contributed by atoms with Crippen LogP contribution < -0.4 is 4.90 Å². The smallest absolute Gasteiger partial charge is 0.311 e. The number of esters is 1. The fourth-order valence-electron chi connectivity index (χ4n) is 7.42. The number of aryl methyl sites for hydroxylation is 2. The Morgan fingerprint density at radius 3 is 2.62 bits per heavy atom. The molecule has 1 aromatic rings. The largest absolute Gasteiger partial charge is 0.465 e. The maximum absolute atomic E-state index is 14.9. The summed E-state index contributed by atoms with van der Waals surface area (Å²) in [5, 5.41) is 10.6. The van der Waals surface area contributed by atoms with Crippen LogP contribution in [0.15, 0.2) is 43.5 Å². The second-order valence-corrected chi connectivity index (χ2v) is 14.5. The highest BCUT2D eigenvalue weighted by atomic mass is 32.2. The first-order chi connectivity index (χ1) is 20.0. The number of rotatable bonds is 14. The molecule has 0 radical (unpaired) electrons. The van der Waals surface area contributed by atoms with Crippen molar-refractivity contribution < 1.29 is 24.2 Å². The van der Waals surface area contributed by atoms with Gasteiger partial charge in [-0.3, -0.25) is 14.4 Å². The van der Waals surface area contributed by atoms with Crippen LogP contribution in [0.2, 0.25) is 0 Å². The maximum Gasteiger partial charge on any atom is 0.311 e. The van der Waals surface area contributed by atoms with Crippen molar-refractivity contribution in [2.75, 3.05) is 24.7 Å². The van der Waals surface area contributed by atoms with Gasteiger partial charge < -0.3 is 19.6 Å². The summed E-state index contributed by atoms with van der Waals surface area (Å²) in [5.74, 6) is -2.11. The van der Waals surface area contributed by atoms with Crippen LogP contribution in [0.3, 0.4) is 0 Å². The number of aliphatic hydroxyl groups is 1. The number of hydrogen-bond donors (Lipinski definition) is 1. The van der Waals surface area contributed by atoms with Crippen molar-refractivity contribution in [3.05, 3.63) is 54.6 Å². The summed E-state index contributed by atoms with van der Waals surface area (Å²) in [5.41, 5.74) is 2.77. The van der Waals surface area contributed by atoms with Gasteiger partial charge in [-0.2, -0.15) is 0 Å². The van der Waals surface area contributed by atoms with E-state index < -0.39 is 33.4 Å². The molecule has 1 N–H and O–H groups in total. The summed E-state index contributed by atoms with van der Waals surface area (Å²) in [6.07, 6.45) is 8.14. The number of hydrogen-bond acceptors (Lipinski definition) is 6. The third kappa shape index (κ3) is 5.45. The lowest BCUT2D eigenvalue weighted by atomic mass is 9.66. The highest BCUT2D eigenvalue weighted by molar-refractivity contribution is 8.02. The molecule has 0 saturated carbocycles. The van der Waals surface area contributed by atoms with Crippen LogP contribution in [0.1, 0.15) is 70.4 Å². The van der Waals surface area contributed by atoms with Crippen molar-refractivity contribution in [2.24, 2.45) is 17.8 Å². The fourth-order valence-corrected chi connectivity index (χ4v) is 9.75. The monoisotopic (exact) mass is 596 g/mol. The van der Waals surface area contributed by atoms with Gasteiger partial charge in [-0.05, 0) is 76.0 Å². The molecular weight excluding hydrogens is 548 g/mol. The van der Waals surface area contributed by atoms with Gasteiger partial charge in [0.1, 0.15) is 6.04 Å². The molecule has 2 unspecified atom stereocenters. The molecule has 2 bridgehead atoms. The van der Waals surface area contributed by atoms with Gasteiger partial charge in [-0.1, -0.05) is 44.6 Å². The van der Waals surface area contributed by atoms with Crippen LogP contribution in [-0.4, -0.2) is 69.1 Å². The Labute approximate surface area is 255 Å². The normalized spacial score (nSPS) is 29.2. The molecule has 3 aliphatic rings. The number of unbranched alkanes of at least 4 members (excludes halogenated alkanes) is 2. The number of anilines is 1. The molecule has 4 rings (SSSR count). The number of allylic oxidation sites excluding steroid dienone is 1. The Kier molecular flexibility index (Phi) is 9.98. The molecule has 0 aromatic heterocycles. The van der Waals surface area contributed by atoms with E-state index in [9.17, 15) is 19.5 Å². The minimum Gasteiger partial charge on any atom is -0.465 e. The second kappa shape index (κ2) is 13.0. The molecule has 3 heterocycles. The van der Waals surface area contributed by atoms with E-state index in [4.69, 9.17) is 4.74 Å². The summed E-state index contributed by atoms with van der Waals surface area (Å²) in [6.45, 7) is 18.1. The summed E-state index contributed by atoms with van der Waals surface area (Å²) < 4.78 is 4.51. The quantitative estimate of drug-likeness (QED) is 0.171. The van der Waals surface area contributed by atoms with Crippen LogP contribution in [0, 0.1) is 31.6 Å². The number of aliphatic hydroxyl groups excluding tert-OH is 1. The minimum absolute atomic E-state index is 0.0360. The molecule has 42 heavy (non-hydrogen) atoms. The van der Waals surface area contributed by atoms with Crippen LogP contribution in [-0.2, 0) is 19.1 Å². The number of amides is 2. The number of carbonyl (C=O) groups excluding carboxylic acids is 3. The van der Waals surface area contributed by atoms with Gasteiger partial charge in [-0.25, -0.2) is 0 Å². The fraction of sp³-hybridized carbons (Fsp3) is 0.618. The Morgan fingerprint density at radius 2 is 1.98 bits per heavy atom. The van der Waals surface area contributed by atoms with E-state index in [0.717, 1.165) is 42.5 Å². The summed E-state index contributed by atoms with van der Waals surface area (Å²) in [6, 6.07) is 4.66. The number of nitrogens with zero attached hydrogens (tertiary/aromatic N) is 2. The van der Waals surface area contributed by atoms with Crippen LogP contribution in [0.5, 0.6) is 0 Å². The minimum atomic E-state index is -0.821. The Hall–Kier alpha value is -2.58. The third-order valence-corrected chi connectivity index (χ3v) is 11.8. The molecule has 0 aliphatic carbocycles. The van der Waals surface area contributed by atoms with E-state index in [1.54, 1.807) is 27.6 Å². The number of thioether (sulfide) groups is 1. The Balaban J connectivity index is 1.80. The SMILES string of the molecule is C=CCCCCOC(=O)[C@H]1[C@H]2C(=O)N([C@@H](CO)[C@@H](C)CC)C(C(=O)N(CC=C)c3cc(C)ccc3C)C23CC[C@]1(C)S3. The highest BCUT2D eigenvalue weighted by Crippen LogP contribution is 2.72.